The minimum atomic E-state index is 0.295. The molecule has 1 amide bonds. The average molecular weight is 260 g/mol. The van der Waals surface area contributed by atoms with Crippen LogP contribution in [0.25, 0.3) is 0 Å². The number of rotatable bonds is 4. The van der Waals surface area contributed by atoms with E-state index in [1.807, 2.05) is 24.1 Å². The second kappa shape index (κ2) is 6.71. The van der Waals surface area contributed by atoms with Gasteiger partial charge in [0, 0.05) is 25.6 Å². The van der Waals surface area contributed by atoms with Crippen LogP contribution in [0.5, 0.6) is 0 Å². The molecule has 0 radical (unpaired) electrons. The Kier molecular flexibility index (Phi) is 4.97. The van der Waals surface area contributed by atoms with Crippen LogP contribution in [0.4, 0.5) is 0 Å². The Labute approximate surface area is 116 Å². The smallest absolute Gasteiger partial charge is 0.222 e. The Morgan fingerprint density at radius 3 is 2.95 bits per heavy atom. The zero-order valence-electron chi connectivity index (χ0n) is 12.0. The van der Waals surface area contributed by atoms with E-state index >= 15 is 0 Å². The number of likely N-dealkylation sites (N-methyl/N-ethyl adjacent to an activating group) is 1. The third-order valence-corrected chi connectivity index (χ3v) is 4.05. The van der Waals surface area contributed by atoms with Crippen LogP contribution < -0.4 is 5.32 Å². The minimum absolute atomic E-state index is 0.295. The van der Waals surface area contributed by atoms with Crippen molar-refractivity contribution in [1.29, 1.82) is 0 Å². The van der Waals surface area contributed by atoms with Crippen molar-refractivity contribution in [3.05, 3.63) is 35.4 Å². The second-order valence-electron chi connectivity index (χ2n) is 5.39. The van der Waals surface area contributed by atoms with E-state index in [-0.39, 0.29) is 0 Å². The summed E-state index contributed by atoms with van der Waals surface area (Å²) in [4.78, 5) is 14.3. The zero-order chi connectivity index (χ0) is 13.7. The summed E-state index contributed by atoms with van der Waals surface area (Å²) in [5.41, 5.74) is 2.57. The quantitative estimate of drug-likeness (QED) is 0.899. The van der Waals surface area contributed by atoms with Gasteiger partial charge in [0.05, 0.1) is 0 Å². The largest absolute Gasteiger partial charge is 0.341 e. The summed E-state index contributed by atoms with van der Waals surface area (Å²) in [5, 5.41) is 3.28. The van der Waals surface area contributed by atoms with Gasteiger partial charge in [-0.15, -0.1) is 0 Å². The van der Waals surface area contributed by atoms with Crippen LogP contribution in [0.2, 0.25) is 0 Å². The summed E-state index contributed by atoms with van der Waals surface area (Å²) in [5.74, 6) is 0.295. The van der Waals surface area contributed by atoms with Crippen molar-refractivity contribution < 1.29 is 4.79 Å². The van der Waals surface area contributed by atoms with Crippen LogP contribution in [0, 0.1) is 6.92 Å². The molecule has 1 aromatic carbocycles. The first kappa shape index (κ1) is 14.1. The van der Waals surface area contributed by atoms with Crippen LogP contribution in [0.3, 0.4) is 0 Å². The highest BCUT2D eigenvalue weighted by atomic mass is 16.2. The summed E-state index contributed by atoms with van der Waals surface area (Å²) < 4.78 is 0. The molecule has 1 atom stereocenters. The predicted octanol–water partition coefficient (Wildman–Crippen LogP) is 2.14. The van der Waals surface area contributed by atoms with Gasteiger partial charge in [0.1, 0.15) is 0 Å². The van der Waals surface area contributed by atoms with E-state index in [2.05, 4.69) is 24.4 Å². The fourth-order valence-electron chi connectivity index (χ4n) is 2.73. The molecule has 1 heterocycles. The lowest BCUT2D eigenvalue weighted by molar-refractivity contribution is -0.132. The van der Waals surface area contributed by atoms with Crippen molar-refractivity contribution >= 4 is 5.91 Å². The lowest BCUT2D eigenvalue weighted by Gasteiger charge is -2.32. The number of hydrogen-bond acceptors (Lipinski definition) is 2. The number of benzene rings is 1. The van der Waals surface area contributed by atoms with E-state index in [9.17, 15) is 4.79 Å². The molecule has 1 aliphatic heterocycles. The monoisotopic (exact) mass is 260 g/mol. The molecule has 0 bridgehead atoms. The molecule has 0 unspecified atom stereocenters. The predicted molar refractivity (Wildman–Crippen MR) is 78.2 cm³/mol. The maximum atomic E-state index is 12.2. The van der Waals surface area contributed by atoms with Crippen molar-refractivity contribution in [3.63, 3.8) is 0 Å². The number of amides is 1. The van der Waals surface area contributed by atoms with Crippen LogP contribution in [-0.2, 0) is 11.2 Å². The van der Waals surface area contributed by atoms with Crippen LogP contribution in [0.15, 0.2) is 24.3 Å². The third kappa shape index (κ3) is 3.80. The normalized spacial score (nSPS) is 19.5. The molecule has 1 saturated heterocycles. The van der Waals surface area contributed by atoms with Gasteiger partial charge in [-0.2, -0.15) is 0 Å². The summed E-state index contributed by atoms with van der Waals surface area (Å²) >= 11 is 0. The van der Waals surface area contributed by atoms with Gasteiger partial charge in [0.2, 0.25) is 5.91 Å². The average Bonchev–Trinajstić information content (AvgIpc) is 2.46. The highest BCUT2D eigenvalue weighted by molar-refractivity contribution is 5.76. The number of nitrogens with one attached hydrogen (secondary N) is 1. The summed E-state index contributed by atoms with van der Waals surface area (Å²) in [7, 11) is 1.98. The van der Waals surface area contributed by atoms with Crippen molar-refractivity contribution in [2.45, 2.75) is 38.6 Å². The maximum Gasteiger partial charge on any atom is 0.222 e. The second-order valence-corrected chi connectivity index (χ2v) is 5.39. The molecule has 1 aliphatic rings. The number of likely N-dealkylation sites (tertiary alicyclic amines) is 1. The Balaban J connectivity index is 1.86. The van der Waals surface area contributed by atoms with Gasteiger partial charge in [0.25, 0.3) is 0 Å². The Hall–Kier alpha value is -1.35. The molecule has 3 nitrogen and oxygen atoms in total. The molecule has 1 fully saturated rings. The Morgan fingerprint density at radius 1 is 1.42 bits per heavy atom. The summed E-state index contributed by atoms with van der Waals surface area (Å²) in [6.45, 7) is 3.89. The molecule has 0 spiro atoms. The number of piperidine rings is 1. The first-order valence-corrected chi connectivity index (χ1v) is 7.20. The van der Waals surface area contributed by atoms with Gasteiger partial charge in [-0.1, -0.05) is 24.3 Å². The van der Waals surface area contributed by atoms with Crippen LogP contribution >= 0.6 is 0 Å². The van der Waals surface area contributed by atoms with Crippen LogP contribution in [0.1, 0.15) is 30.4 Å². The van der Waals surface area contributed by atoms with E-state index in [1.54, 1.807) is 0 Å². The molecular formula is C16H24N2O. The molecule has 0 aromatic heterocycles. The van der Waals surface area contributed by atoms with E-state index in [4.69, 9.17) is 0 Å². The fraction of sp³-hybridized carbons (Fsp3) is 0.562. The molecule has 0 saturated carbocycles. The number of carbonyl (C=O) groups excluding carboxylic acids is 1. The number of carbonyl (C=O) groups is 1. The molecule has 2 rings (SSSR count). The first-order valence-electron chi connectivity index (χ1n) is 7.20. The van der Waals surface area contributed by atoms with E-state index < -0.39 is 0 Å². The number of aryl methyl sites for hydroxylation is 2. The molecule has 3 heteroatoms. The maximum absolute atomic E-state index is 12.2. The fourth-order valence-corrected chi connectivity index (χ4v) is 2.73. The van der Waals surface area contributed by atoms with Gasteiger partial charge in [-0.05, 0) is 44.4 Å². The van der Waals surface area contributed by atoms with Crippen LogP contribution in [-0.4, -0.2) is 37.0 Å². The topological polar surface area (TPSA) is 32.3 Å². The first-order chi connectivity index (χ1) is 9.20. The van der Waals surface area contributed by atoms with Gasteiger partial charge < -0.3 is 10.2 Å². The zero-order valence-corrected chi connectivity index (χ0v) is 12.0. The van der Waals surface area contributed by atoms with E-state index in [1.165, 1.54) is 17.5 Å². The van der Waals surface area contributed by atoms with Crippen molar-refractivity contribution in [1.82, 2.24) is 10.2 Å². The standard InChI is InChI=1S/C16H24N2O/c1-13-6-3-4-7-14(13)9-10-16(19)18-11-5-8-15(12-18)17-2/h3-4,6-7,15,17H,5,8-12H2,1-2H3/t15-/m1/s1. The highest BCUT2D eigenvalue weighted by Crippen LogP contribution is 2.14. The van der Waals surface area contributed by atoms with Gasteiger partial charge >= 0.3 is 0 Å². The van der Waals surface area contributed by atoms with E-state index in [0.29, 0.717) is 18.4 Å². The Bertz CT molecular complexity index is 431. The third-order valence-electron chi connectivity index (χ3n) is 4.05. The molecule has 0 aliphatic carbocycles. The number of nitrogens with zero attached hydrogens (tertiary/aromatic N) is 1. The molecule has 1 aromatic rings. The number of hydrogen-bond donors (Lipinski definition) is 1. The summed E-state index contributed by atoms with van der Waals surface area (Å²) in [6, 6.07) is 8.79. The van der Waals surface area contributed by atoms with Gasteiger partial charge in [-0.25, -0.2) is 0 Å². The van der Waals surface area contributed by atoms with Gasteiger partial charge in [0.15, 0.2) is 0 Å². The van der Waals surface area contributed by atoms with Crippen molar-refractivity contribution in [3.8, 4) is 0 Å². The lowest BCUT2D eigenvalue weighted by atomic mass is 10.0. The molecule has 19 heavy (non-hydrogen) atoms. The minimum Gasteiger partial charge on any atom is -0.341 e. The molecule has 104 valence electrons. The molecular weight excluding hydrogens is 236 g/mol. The van der Waals surface area contributed by atoms with Gasteiger partial charge in [-0.3, -0.25) is 4.79 Å². The lowest BCUT2D eigenvalue weighted by Crippen LogP contribution is -2.47. The highest BCUT2D eigenvalue weighted by Gasteiger charge is 2.22. The summed E-state index contributed by atoms with van der Waals surface area (Å²) in [6.07, 6.45) is 3.77. The van der Waals surface area contributed by atoms with E-state index in [0.717, 1.165) is 25.9 Å². The SMILES string of the molecule is CN[C@@H]1CCCN(C(=O)CCc2ccccc2C)C1. The Morgan fingerprint density at radius 2 is 2.21 bits per heavy atom. The van der Waals surface area contributed by atoms with Crippen molar-refractivity contribution in [2.75, 3.05) is 20.1 Å². The van der Waals surface area contributed by atoms with Crippen molar-refractivity contribution in [2.24, 2.45) is 0 Å². The molecule has 1 N–H and O–H groups in total.